The van der Waals surface area contributed by atoms with E-state index in [0.29, 0.717) is 40.0 Å². The number of hydrogen-bond acceptors (Lipinski definition) is 5. The highest BCUT2D eigenvalue weighted by Crippen LogP contribution is 2.29. The molecular weight excluding hydrogens is 452 g/mol. The molecule has 1 atom stereocenters. The smallest absolute Gasteiger partial charge is 0.252 e. The average Bonchev–Trinajstić information content (AvgIpc) is 3.47. The summed E-state index contributed by atoms with van der Waals surface area (Å²) in [5, 5.41) is 13.7. The molecule has 0 spiro atoms. The Morgan fingerprint density at radius 3 is 2.71 bits per heavy atom. The Balaban J connectivity index is 1.48. The molecule has 178 valence electrons. The van der Waals surface area contributed by atoms with Gasteiger partial charge in [-0.05, 0) is 43.5 Å². The number of aryl methyl sites for hydroxylation is 2. The molecule has 9 heteroatoms. The molecule has 1 aliphatic rings. The number of benzene rings is 1. The SMILES string of the molecule is Cc1cc(Nc2cccc(C(=O)N[C@@H](CC3CCCC3)C(=O)Nc3cnn(C)c3)c2)c(Cl)cn1. The van der Waals surface area contributed by atoms with E-state index in [1.165, 1.54) is 12.8 Å². The summed E-state index contributed by atoms with van der Waals surface area (Å²) in [5.74, 6) is -0.110. The quantitative estimate of drug-likeness (QED) is 0.428. The number of rotatable bonds is 8. The van der Waals surface area contributed by atoms with E-state index in [0.717, 1.165) is 18.5 Å². The van der Waals surface area contributed by atoms with Gasteiger partial charge in [0.25, 0.3) is 5.91 Å². The zero-order valence-electron chi connectivity index (χ0n) is 19.3. The van der Waals surface area contributed by atoms with Gasteiger partial charge in [0.1, 0.15) is 6.04 Å². The van der Waals surface area contributed by atoms with E-state index in [-0.39, 0.29) is 11.8 Å². The van der Waals surface area contributed by atoms with Crippen LogP contribution in [0.3, 0.4) is 0 Å². The summed E-state index contributed by atoms with van der Waals surface area (Å²) in [4.78, 5) is 30.4. The average molecular weight is 481 g/mol. The van der Waals surface area contributed by atoms with Crippen molar-refractivity contribution in [2.45, 2.75) is 45.1 Å². The summed E-state index contributed by atoms with van der Waals surface area (Å²) in [5.41, 5.74) is 3.32. The standard InChI is InChI=1S/C25H29ClN6O2/c1-16-10-22(21(26)14-27-16)29-19-9-5-8-18(12-19)24(33)31-23(11-17-6-3-4-7-17)25(34)30-20-13-28-32(2)15-20/h5,8-10,12-15,17,23H,3-4,6-7,11H2,1-2H3,(H,27,29)(H,30,34)(H,31,33)/t23-/m0/s1. The van der Waals surface area contributed by atoms with Gasteiger partial charge in [-0.25, -0.2) is 0 Å². The minimum Gasteiger partial charge on any atom is -0.354 e. The summed E-state index contributed by atoms with van der Waals surface area (Å²) < 4.78 is 1.62. The molecule has 3 N–H and O–H groups in total. The van der Waals surface area contributed by atoms with Crippen molar-refractivity contribution in [3.63, 3.8) is 0 Å². The fourth-order valence-corrected chi connectivity index (χ4v) is 4.45. The van der Waals surface area contributed by atoms with Crippen molar-refractivity contribution in [3.8, 4) is 0 Å². The summed E-state index contributed by atoms with van der Waals surface area (Å²) in [6.07, 6.45) is 10.0. The summed E-state index contributed by atoms with van der Waals surface area (Å²) in [6.45, 7) is 1.88. The van der Waals surface area contributed by atoms with Gasteiger partial charge >= 0.3 is 0 Å². The first-order chi connectivity index (χ1) is 16.4. The van der Waals surface area contributed by atoms with Gasteiger partial charge < -0.3 is 16.0 Å². The van der Waals surface area contributed by atoms with Crippen LogP contribution in [0.15, 0.2) is 48.9 Å². The van der Waals surface area contributed by atoms with Crippen molar-refractivity contribution in [1.82, 2.24) is 20.1 Å². The number of carbonyl (C=O) groups excluding carboxylic acids is 2. The third-order valence-electron chi connectivity index (χ3n) is 6.03. The van der Waals surface area contributed by atoms with Gasteiger partial charge in [-0.3, -0.25) is 19.3 Å². The number of carbonyl (C=O) groups is 2. The van der Waals surface area contributed by atoms with Crippen molar-refractivity contribution < 1.29 is 9.59 Å². The molecule has 1 fully saturated rings. The van der Waals surface area contributed by atoms with Crippen molar-refractivity contribution in [3.05, 3.63) is 65.2 Å². The van der Waals surface area contributed by atoms with Crippen LogP contribution in [0.2, 0.25) is 5.02 Å². The van der Waals surface area contributed by atoms with E-state index < -0.39 is 6.04 Å². The zero-order chi connectivity index (χ0) is 24.1. The first-order valence-electron chi connectivity index (χ1n) is 11.5. The van der Waals surface area contributed by atoms with Crippen LogP contribution in [0, 0.1) is 12.8 Å². The third kappa shape index (κ3) is 6.14. The van der Waals surface area contributed by atoms with Crippen LogP contribution < -0.4 is 16.0 Å². The minimum atomic E-state index is -0.635. The first kappa shape index (κ1) is 23.8. The molecule has 0 unspecified atom stereocenters. The monoisotopic (exact) mass is 480 g/mol. The Kier molecular flexibility index (Phi) is 7.47. The number of amides is 2. The van der Waals surface area contributed by atoms with Crippen LogP contribution in [0.4, 0.5) is 17.1 Å². The first-order valence-corrected chi connectivity index (χ1v) is 11.8. The van der Waals surface area contributed by atoms with Crippen LogP contribution in [-0.2, 0) is 11.8 Å². The van der Waals surface area contributed by atoms with Crippen LogP contribution in [0.1, 0.15) is 48.2 Å². The van der Waals surface area contributed by atoms with Gasteiger partial charge in [-0.15, -0.1) is 0 Å². The van der Waals surface area contributed by atoms with E-state index in [1.54, 1.807) is 48.5 Å². The molecule has 1 saturated carbocycles. The predicted molar refractivity (Wildman–Crippen MR) is 133 cm³/mol. The number of hydrogen-bond donors (Lipinski definition) is 3. The summed E-state index contributed by atoms with van der Waals surface area (Å²) in [7, 11) is 1.79. The highest BCUT2D eigenvalue weighted by Gasteiger charge is 2.27. The third-order valence-corrected chi connectivity index (χ3v) is 6.34. The summed E-state index contributed by atoms with van der Waals surface area (Å²) >= 11 is 6.25. The van der Waals surface area contributed by atoms with Crippen molar-refractivity contribution in [2.75, 3.05) is 10.6 Å². The van der Waals surface area contributed by atoms with Crippen LogP contribution in [0.25, 0.3) is 0 Å². The van der Waals surface area contributed by atoms with E-state index in [9.17, 15) is 9.59 Å². The molecular formula is C25H29ClN6O2. The molecule has 4 rings (SSSR count). The molecule has 0 bridgehead atoms. The lowest BCUT2D eigenvalue weighted by Gasteiger charge is -2.21. The molecule has 1 aromatic carbocycles. The number of anilines is 3. The van der Waals surface area contributed by atoms with Gasteiger partial charge in [-0.1, -0.05) is 43.4 Å². The van der Waals surface area contributed by atoms with E-state index in [1.807, 2.05) is 19.1 Å². The molecule has 0 radical (unpaired) electrons. The van der Waals surface area contributed by atoms with Crippen LogP contribution >= 0.6 is 11.6 Å². The highest BCUT2D eigenvalue weighted by atomic mass is 35.5. The van der Waals surface area contributed by atoms with E-state index in [4.69, 9.17) is 11.6 Å². The van der Waals surface area contributed by atoms with Crippen molar-refractivity contribution in [1.29, 1.82) is 0 Å². The van der Waals surface area contributed by atoms with Gasteiger partial charge in [-0.2, -0.15) is 5.10 Å². The Hall–Kier alpha value is -3.39. The van der Waals surface area contributed by atoms with Gasteiger partial charge in [0.15, 0.2) is 0 Å². The summed E-state index contributed by atoms with van der Waals surface area (Å²) in [6, 6.07) is 8.33. The maximum atomic E-state index is 13.1. The molecule has 1 aliphatic carbocycles. The molecule has 34 heavy (non-hydrogen) atoms. The second-order valence-electron chi connectivity index (χ2n) is 8.82. The van der Waals surface area contributed by atoms with Gasteiger partial charge in [0.2, 0.25) is 5.91 Å². The molecule has 0 saturated heterocycles. The minimum absolute atomic E-state index is 0.235. The normalized spacial score (nSPS) is 14.6. The molecule has 2 heterocycles. The molecule has 8 nitrogen and oxygen atoms in total. The van der Waals surface area contributed by atoms with Gasteiger partial charge in [0.05, 0.1) is 22.6 Å². The van der Waals surface area contributed by atoms with Crippen LogP contribution in [0.5, 0.6) is 0 Å². The lowest BCUT2D eigenvalue weighted by molar-refractivity contribution is -0.118. The van der Waals surface area contributed by atoms with Crippen LogP contribution in [-0.4, -0.2) is 32.6 Å². The maximum absolute atomic E-state index is 13.1. The Bertz CT molecular complexity index is 1170. The van der Waals surface area contributed by atoms with E-state index >= 15 is 0 Å². The number of aromatic nitrogens is 3. The van der Waals surface area contributed by atoms with Crippen molar-refractivity contribution in [2.24, 2.45) is 13.0 Å². The molecule has 0 aliphatic heterocycles. The number of nitrogens with one attached hydrogen (secondary N) is 3. The maximum Gasteiger partial charge on any atom is 0.252 e. The lowest BCUT2D eigenvalue weighted by atomic mass is 9.97. The fraction of sp³-hybridized carbons (Fsp3) is 0.360. The van der Waals surface area contributed by atoms with Gasteiger partial charge in [0, 0.05) is 36.4 Å². The molecule has 2 amide bonds. The number of halogens is 1. The predicted octanol–water partition coefficient (Wildman–Crippen LogP) is 4.84. The zero-order valence-corrected chi connectivity index (χ0v) is 20.1. The van der Waals surface area contributed by atoms with E-state index in [2.05, 4.69) is 26.0 Å². The Labute approximate surface area is 204 Å². The largest absolute Gasteiger partial charge is 0.354 e. The second kappa shape index (κ2) is 10.7. The molecule has 2 aromatic heterocycles. The number of pyridine rings is 1. The lowest BCUT2D eigenvalue weighted by Crippen LogP contribution is -2.44. The Morgan fingerprint density at radius 1 is 1.18 bits per heavy atom. The molecule has 3 aromatic rings. The topological polar surface area (TPSA) is 101 Å². The second-order valence-corrected chi connectivity index (χ2v) is 9.22. The Morgan fingerprint density at radius 2 is 1.97 bits per heavy atom. The van der Waals surface area contributed by atoms with Crippen molar-refractivity contribution >= 4 is 40.5 Å². The number of nitrogens with zero attached hydrogens (tertiary/aromatic N) is 3. The fourth-order valence-electron chi connectivity index (χ4n) is 4.30. The highest BCUT2D eigenvalue weighted by molar-refractivity contribution is 6.33.